The number of likely N-dealkylation sites (N-methyl/N-ethyl adjacent to an activating group) is 1. The maximum Gasteiger partial charge on any atom is 0.330 e. The summed E-state index contributed by atoms with van der Waals surface area (Å²) in [5.41, 5.74) is 6.88. The van der Waals surface area contributed by atoms with Crippen molar-refractivity contribution in [2.75, 3.05) is 23.7 Å². The van der Waals surface area contributed by atoms with E-state index in [2.05, 4.69) is 28.5 Å². The van der Waals surface area contributed by atoms with Gasteiger partial charge in [-0.15, -0.1) is 0 Å². The average molecular weight is 472 g/mol. The number of nitrogens with two attached hydrogens (primary N) is 1. The molecule has 0 aliphatic carbocycles. The molecule has 1 atom stereocenters. The summed E-state index contributed by atoms with van der Waals surface area (Å²) < 4.78 is 1.27. The number of nitrogen functional groups attached to an aromatic ring is 1. The summed E-state index contributed by atoms with van der Waals surface area (Å²) in [5.74, 6) is -0.360. The third-order valence-electron chi connectivity index (χ3n) is 6.13. The number of nitrogens with one attached hydrogen (secondary N) is 2. The Bertz CT molecular complexity index is 1450. The summed E-state index contributed by atoms with van der Waals surface area (Å²) in [7, 11) is 0. The number of carbonyl (C=O) groups is 1. The molecule has 35 heavy (non-hydrogen) atoms. The maximum absolute atomic E-state index is 13.2. The highest BCUT2D eigenvalue weighted by Gasteiger charge is 2.23. The van der Waals surface area contributed by atoms with E-state index in [1.807, 2.05) is 61.5 Å². The molecule has 8 heteroatoms. The van der Waals surface area contributed by atoms with E-state index >= 15 is 0 Å². The minimum atomic E-state index is -0.686. The molecule has 0 aliphatic rings. The molecule has 1 heterocycles. The highest BCUT2D eigenvalue weighted by molar-refractivity contribution is 5.97. The van der Waals surface area contributed by atoms with Gasteiger partial charge >= 0.3 is 5.69 Å². The van der Waals surface area contributed by atoms with Crippen molar-refractivity contribution < 1.29 is 4.79 Å². The first-order valence-electron chi connectivity index (χ1n) is 11.6. The normalized spacial score (nSPS) is 11.9. The van der Waals surface area contributed by atoms with Crippen molar-refractivity contribution in [1.29, 1.82) is 0 Å². The number of fused-ring (bicyclic) bond motifs is 1. The van der Waals surface area contributed by atoms with Crippen LogP contribution in [0.5, 0.6) is 0 Å². The fraction of sp³-hybridized carbons (Fsp3) is 0.222. The summed E-state index contributed by atoms with van der Waals surface area (Å²) in [6.45, 7) is 4.15. The van der Waals surface area contributed by atoms with E-state index in [9.17, 15) is 14.4 Å². The number of benzene rings is 3. The number of hydrogen-bond donors (Lipinski definition) is 3. The van der Waals surface area contributed by atoms with Gasteiger partial charge in [-0.05, 0) is 35.7 Å². The van der Waals surface area contributed by atoms with E-state index in [1.54, 1.807) is 6.92 Å². The fourth-order valence-corrected chi connectivity index (χ4v) is 4.29. The molecule has 1 amide bonds. The van der Waals surface area contributed by atoms with Gasteiger partial charge in [0.05, 0.1) is 13.1 Å². The zero-order valence-corrected chi connectivity index (χ0v) is 19.8. The third kappa shape index (κ3) is 5.02. The van der Waals surface area contributed by atoms with Crippen LogP contribution in [0.15, 0.2) is 82.4 Å². The minimum Gasteiger partial charge on any atom is -0.383 e. The van der Waals surface area contributed by atoms with Gasteiger partial charge in [0.1, 0.15) is 5.82 Å². The molecule has 0 fully saturated rings. The Morgan fingerprint density at radius 1 is 1.03 bits per heavy atom. The van der Waals surface area contributed by atoms with Crippen LogP contribution in [0.2, 0.25) is 0 Å². The molecule has 3 aromatic carbocycles. The third-order valence-corrected chi connectivity index (χ3v) is 6.13. The van der Waals surface area contributed by atoms with Gasteiger partial charge < -0.3 is 16.0 Å². The number of amides is 1. The Morgan fingerprint density at radius 2 is 1.71 bits per heavy atom. The standard InChI is InChI=1S/C27H29N5O3/c1-3-31(23(33)16-29-18(2)21-15-9-13-20-12-7-8-14-22(20)21)24-25(28)32(27(35)30-26(24)34)17-19-10-5-4-6-11-19/h4-15,18,29H,3,16-17,28H2,1-2H3,(H,30,34,35). The van der Waals surface area contributed by atoms with Crippen LogP contribution < -0.4 is 27.2 Å². The van der Waals surface area contributed by atoms with Gasteiger partial charge in [-0.1, -0.05) is 72.8 Å². The van der Waals surface area contributed by atoms with Crippen molar-refractivity contribution >= 4 is 28.2 Å². The second-order valence-corrected chi connectivity index (χ2v) is 8.37. The summed E-state index contributed by atoms with van der Waals surface area (Å²) in [4.78, 5) is 42.0. The Balaban J connectivity index is 1.57. The molecule has 1 unspecified atom stereocenters. The Morgan fingerprint density at radius 3 is 2.46 bits per heavy atom. The van der Waals surface area contributed by atoms with E-state index in [4.69, 9.17) is 5.73 Å². The lowest BCUT2D eigenvalue weighted by atomic mass is 10.00. The minimum absolute atomic E-state index is 0.00504. The maximum atomic E-state index is 13.2. The first-order valence-corrected chi connectivity index (χ1v) is 11.6. The topological polar surface area (TPSA) is 113 Å². The number of hydrogen-bond acceptors (Lipinski definition) is 5. The van der Waals surface area contributed by atoms with Gasteiger partial charge in [0, 0.05) is 12.6 Å². The number of H-pyrrole nitrogens is 1. The van der Waals surface area contributed by atoms with Gasteiger partial charge in [0.25, 0.3) is 5.56 Å². The molecule has 0 spiro atoms. The monoisotopic (exact) mass is 471 g/mol. The van der Waals surface area contributed by atoms with Crippen molar-refractivity contribution in [3.63, 3.8) is 0 Å². The van der Waals surface area contributed by atoms with Gasteiger partial charge in [-0.3, -0.25) is 19.1 Å². The Labute approximate surface area is 203 Å². The lowest BCUT2D eigenvalue weighted by Gasteiger charge is -2.24. The molecule has 4 aromatic rings. The molecule has 0 bridgehead atoms. The highest BCUT2D eigenvalue weighted by Crippen LogP contribution is 2.24. The number of anilines is 2. The zero-order chi connectivity index (χ0) is 24.9. The van der Waals surface area contributed by atoms with Crippen LogP contribution in [0.3, 0.4) is 0 Å². The number of aromatic nitrogens is 2. The van der Waals surface area contributed by atoms with Gasteiger partial charge in [-0.2, -0.15) is 0 Å². The van der Waals surface area contributed by atoms with Crippen LogP contribution >= 0.6 is 0 Å². The van der Waals surface area contributed by atoms with Crippen LogP contribution in [-0.2, 0) is 11.3 Å². The molecule has 1 aromatic heterocycles. The van der Waals surface area contributed by atoms with E-state index in [-0.39, 0.29) is 43.1 Å². The molecular formula is C27H29N5O3. The van der Waals surface area contributed by atoms with E-state index in [1.165, 1.54) is 9.47 Å². The Kier molecular flexibility index (Phi) is 7.12. The second-order valence-electron chi connectivity index (χ2n) is 8.37. The molecule has 180 valence electrons. The zero-order valence-electron chi connectivity index (χ0n) is 19.8. The quantitative estimate of drug-likeness (QED) is 0.366. The number of rotatable bonds is 8. The smallest absolute Gasteiger partial charge is 0.330 e. The van der Waals surface area contributed by atoms with Crippen molar-refractivity contribution in [3.05, 3.63) is 105 Å². The lowest BCUT2D eigenvalue weighted by molar-refractivity contribution is -0.117. The summed E-state index contributed by atoms with van der Waals surface area (Å²) in [6, 6.07) is 23.4. The molecular weight excluding hydrogens is 442 g/mol. The Hall–Kier alpha value is -4.17. The molecule has 0 aliphatic heterocycles. The summed E-state index contributed by atoms with van der Waals surface area (Å²) in [6.07, 6.45) is 0. The van der Waals surface area contributed by atoms with E-state index in [0.29, 0.717) is 0 Å². The SMILES string of the molecule is CCN(C(=O)CNC(C)c1cccc2ccccc12)c1c(N)n(Cc2ccccc2)c(=O)[nH]c1=O. The van der Waals surface area contributed by atoms with Gasteiger partial charge in [0.15, 0.2) is 5.69 Å². The second kappa shape index (κ2) is 10.4. The fourth-order valence-electron chi connectivity index (χ4n) is 4.29. The lowest BCUT2D eigenvalue weighted by Crippen LogP contribution is -2.44. The first kappa shape index (κ1) is 24.0. The van der Waals surface area contributed by atoms with E-state index < -0.39 is 11.2 Å². The van der Waals surface area contributed by atoms with Gasteiger partial charge in [-0.25, -0.2) is 4.79 Å². The van der Waals surface area contributed by atoms with Crippen molar-refractivity contribution in [2.24, 2.45) is 0 Å². The molecule has 0 saturated carbocycles. The van der Waals surface area contributed by atoms with Gasteiger partial charge in [0.2, 0.25) is 5.91 Å². The van der Waals surface area contributed by atoms with Crippen LogP contribution in [0.1, 0.15) is 31.0 Å². The number of carbonyl (C=O) groups excluding carboxylic acids is 1. The van der Waals surface area contributed by atoms with Crippen molar-refractivity contribution in [1.82, 2.24) is 14.9 Å². The van der Waals surface area contributed by atoms with Crippen LogP contribution in [0, 0.1) is 0 Å². The summed E-state index contributed by atoms with van der Waals surface area (Å²) in [5, 5.41) is 5.51. The molecule has 4 rings (SSSR count). The van der Waals surface area contributed by atoms with Crippen LogP contribution in [-0.4, -0.2) is 28.5 Å². The summed E-state index contributed by atoms with van der Waals surface area (Å²) >= 11 is 0. The largest absolute Gasteiger partial charge is 0.383 e. The molecule has 8 nitrogen and oxygen atoms in total. The van der Waals surface area contributed by atoms with E-state index in [0.717, 1.165) is 21.9 Å². The highest BCUT2D eigenvalue weighted by atomic mass is 16.2. The predicted octanol–water partition coefficient (Wildman–Crippen LogP) is 3.02. The molecule has 0 radical (unpaired) electrons. The molecule has 4 N–H and O–H groups in total. The molecule has 0 saturated heterocycles. The average Bonchev–Trinajstić information content (AvgIpc) is 2.87. The van der Waals surface area contributed by atoms with Crippen molar-refractivity contribution in [3.8, 4) is 0 Å². The van der Waals surface area contributed by atoms with Crippen LogP contribution in [0.25, 0.3) is 10.8 Å². The predicted molar refractivity (Wildman–Crippen MR) is 140 cm³/mol. The van der Waals surface area contributed by atoms with Crippen molar-refractivity contribution in [2.45, 2.75) is 26.4 Å². The first-order chi connectivity index (χ1) is 16.9. The number of aromatic amines is 1. The van der Waals surface area contributed by atoms with Crippen LogP contribution in [0.4, 0.5) is 11.5 Å². The number of nitrogens with zero attached hydrogens (tertiary/aromatic N) is 2.